The van der Waals surface area contributed by atoms with Crippen molar-refractivity contribution in [2.24, 2.45) is 5.41 Å². The van der Waals surface area contributed by atoms with E-state index in [1.165, 1.54) is 38.1 Å². The molecule has 0 aromatic carbocycles. The molecule has 0 amide bonds. The van der Waals surface area contributed by atoms with Crippen molar-refractivity contribution in [3.63, 3.8) is 0 Å². The van der Waals surface area contributed by atoms with Crippen LogP contribution in [-0.4, -0.2) is 13.1 Å². The molecule has 14 heavy (non-hydrogen) atoms. The summed E-state index contributed by atoms with van der Waals surface area (Å²) < 4.78 is 5.71. The van der Waals surface area contributed by atoms with Crippen molar-refractivity contribution in [3.05, 3.63) is 23.7 Å². The minimum atomic E-state index is 0.630. The lowest BCUT2D eigenvalue weighted by molar-refractivity contribution is 0.173. The van der Waals surface area contributed by atoms with E-state index in [9.17, 15) is 0 Å². The molecule has 2 fully saturated rings. The average Bonchev–Trinajstić information content (AvgIpc) is 2.67. The van der Waals surface area contributed by atoms with Crippen LogP contribution in [0.15, 0.2) is 16.5 Å². The van der Waals surface area contributed by atoms with Crippen molar-refractivity contribution < 1.29 is 4.42 Å². The fraction of sp³-hybridized carbons (Fsp3) is 0.667. The van der Waals surface area contributed by atoms with E-state index in [0.717, 1.165) is 5.76 Å². The summed E-state index contributed by atoms with van der Waals surface area (Å²) in [6.07, 6.45) is 4.02. The van der Waals surface area contributed by atoms with Gasteiger partial charge in [0, 0.05) is 19.0 Å². The monoisotopic (exact) mass is 191 g/mol. The first kappa shape index (κ1) is 8.54. The molecular weight excluding hydrogens is 174 g/mol. The Labute approximate surface area is 84.7 Å². The van der Waals surface area contributed by atoms with E-state index >= 15 is 0 Å². The van der Waals surface area contributed by atoms with Gasteiger partial charge in [-0.1, -0.05) is 0 Å². The molecule has 2 heteroatoms. The van der Waals surface area contributed by atoms with E-state index in [2.05, 4.69) is 17.4 Å². The van der Waals surface area contributed by atoms with Gasteiger partial charge in [-0.3, -0.25) is 0 Å². The first-order chi connectivity index (χ1) is 6.77. The topological polar surface area (TPSA) is 25.2 Å². The van der Waals surface area contributed by atoms with Crippen LogP contribution in [0.5, 0.6) is 0 Å². The normalized spacial score (nSPS) is 29.4. The molecule has 1 saturated heterocycles. The lowest BCUT2D eigenvalue weighted by Crippen LogP contribution is -2.51. The first-order valence-corrected chi connectivity index (χ1v) is 5.55. The second-order valence-corrected chi connectivity index (χ2v) is 4.99. The molecule has 1 aliphatic heterocycles. The van der Waals surface area contributed by atoms with Gasteiger partial charge >= 0.3 is 0 Å². The largest absolute Gasteiger partial charge is 0.466 e. The van der Waals surface area contributed by atoms with Crippen LogP contribution in [0, 0.1) is 12.3 Å². The van der Waals surface area contributed by atoms with Gasteiger partial charge in [-0.15, -0.1) is 0 Å². The first-order valence-electron chi connectivity index (χ1n) is 5.55. The average molecular weight is 191 g/mol. The molecule has 0 bridgehead atoms. The van der Waals surface area contributed by atoms with Crippen molar-refractivity contribution in [1.82, 2.24) is 5.32 Å². The van der Waals surface area contributed by atoms with E-state index < -0.39 is 0 Å². The van der Waals surface area contributed by atoms with Gasteiger partial charge in [-0.05, 0) is 43.7 Å². The Kier molecular flexibility index (Phi) is 1.75. The van der Waals surface area contributed by atoms with E-state index in [1.807, 2.05) is 6.92 Å². The fourth-order valence-electron chi connectivity index (χ4n) is 2.92. The van der Waals surface area contributed by atoms with Crippen molar-refractivity contribution in [3.8, 4) is 0 Å². The molecule has 0 radical (unpaired) electrons. The van der Waals surface area contributed by atoms with Crippen LogP contribution >= 0.6 is 0 Å². The summed E-state index contributed by atoms with van der Waals surface area (Å²) in [4.78, 5) is 0. The number of nitrogens with one attached hydrogen (secondary N) is 1. The van der Waals surface area contributed by atoms with Crippen LogP contribution < -0.4 is 5.32 Å². The summed E-state index contributed by atoms with van der Waals surface area (Å²) in [5, 5.41) is 3.39. The Bertz CT molecular complexity index is 338. The molecule has 1 aromatic heterocycles. The number of hydrogen-bond acceptors (Lipinski definition) is 2. The van der Waals surface area contributed by atoms with Crippen LogP contribution in [0.25, 0.3) is 0 Å². The highest BCUT2D eigenvalue weighted by molar-refractivity contribution is 5.15. The zero-order chi connectivity index (χ0) is 9.60. The van der Waals surface area contributed by atoms with Gasteiger partial charge in [0.2, 0.25) is 0 Å². The van der Waals surface area contributed by atoms with Gasteiger partial charge in [-0.2, -0.15) is 0 Å². The van der Waals surface area contributed by atoms with E-state index in [0.29, 0.717) is 11.3 Å². The van der Waals surface area contributed by atoms with Crippen LogP contribution in [0.2, 0.25) is 0 Å². The zero-order valence-corrected chi connectivity index (χ0v) is 8.68. The molecule has 1 N–H and O–H groups in total. The predicted octanol–water partition coefficient (Wildman–Crippen LogP) is 2.45. The second-order valence-electron chi connectivity index (χ2n) is 4.99. The molecule has 1 aliphatic carbocycles. The summed E-state index contributed by atoms with van der Waals surface area (Å²) in [7, 11) is 0. The molecule has 1 unspecified atom stereocenters. The maximum atomic E-state index is 5.71. The van der Waals surface area contributed by atoms with Crippen LogP contribution in [0.3, 0.4) is 0 Å². The fourth-order valence-corrected chi connectivity index (χ4v) is 2.92. The lowest BCUT2D eigenvalue weighted by Gasteiger charge is -2.39. The standard InChI is InChI=1S/C12H17NO/c1-9-2-3-11(14-9)10-4-5-12(6-10)7-13-8-12/h2-3,10,13H,4-8H2,1H3. The molecule has 1 aromatic rings. The molecule has 2 nitrogen and oxygen atoms in total. The lowest BCUT2D eigenvalue weighted by atomic mass is 9.79. The van der Waals surface area contributed by atoms with Gasteiger partial charge in [0.05, 0.1) is 0 Å². The van der Waals surface area contributed by atoms with Gasteiger partial charge in [0.15, 0.2) is 0 Å². The molecule has 1 spiro atoms. The van der Waals surface area contributed by atoms with E-state index in [4.69, 9.17) is 4.42 Å². The molecule has 76 valence electrons. The Morgan fingerprint density at radius 3 is 2.79 bits per heavy atom. The minimum absolute atomic E-state index is 0.630. The molecule has 1 saturated carbocycles. The van der Waals surface area contributed by atoms with Gasteiger partial charge in [0.25, 0.3) is 0 Å². The van der Waals surface area contributed by atoms with Crippen LogP contribution in [-0.2, 0) is 0 Å². The Morgan fingerprint density at radius 1 is 1.43 bits per heavy atom. The highest BCUT2D eigenvalue weighted by Gasteiger charge is 2.44. The third kappa shape index (κ3) is 1.21. The zero-order valence-electron chi connectivity index (χ0n) is 8.68. The summed E-state index contributed by atoms with van der Waals surface area (Å²) >= 11 is 0. The summed E-state index contributed by atoms with van der Waals surface area (Å²) in [6, 6.07) is 4.24. The summed E-state index contributed by atoms with van der Waals surface area (Å²) in [6.45, 7) is 4.48. The van der Waals surface area contributed by atoms with Gasteiger partial charge in [0.1, 0.15) is 11.5 Å². The van der Waals surface area contributed by atoms with Crippen molar-refractivity contribution >= 4 is 0 Å². The number of furan rings is 1. The summed E-state index contributed by atoms with van der Waals surface area (Å²) in [5.74, 6) is 2.95. The third-order valence-electron chi connectivity index (χ3n) is 3.87. The van der Waals surface area contributed by atoms with E-state index in [1.54, 1.807) is 0 Å². The maximum absolute atomic E-state index is 5.71. The number of hydrogen-bond donors (Lipinski definition) is 1. The Hall–Kier alpha value is -0.760. The highest BCUT2D eigenvalue weighted by Crippen LogP contribution is 2.48. The smallest absolute Gasteiger partial charge is 0.107 e. The van der Waals surface area contributed by atoms with Gasteiger partial charge in [-0.25, -0.2) is 0 Å². The highest BCUT2D eigenvalue weighted by atomic mass is 16.3. The minimum Gasteiger partial charge on any atom is -0.466 e. The number of rotatable bonds is 1. The quantitative estimate of drug-likeness (QED) is 0.737. The SMILES string of the molecule is Cc1ccc(C2CCC3(CNC3)C2)o1. The summed E-state index contributed by atoms with van der Waals surface area (Å²) in [5.41, 5.74) is 0.630. The van der Waals surface area contributed by atoms with Crippen molar-refractivity contribution in [1.29, 1.82) is 0 Å². The number of aryl methyl sites for hydroxylation is 1. The van der Waals surface area contributed by atoms with E-state index in [-0.39, 0.29) is 0 Å². The molecule has 3 rings (SSSR count). The van der Waals surface area contributed by atoms with Crippen LogP contribution in [0.4, 0.5) is 0 Å². The Morgan fingerprint density at radius 2 is 2.29 bits per heavy atom. The molecule has 2 aliphatic rings. The van der Waals surface area contributed by atoms with Crippen LogP contribution in [0.1, 0.15) is 36.7 Å². The molecular formula is C12H17NO. The third-order valence-corrected chi connectivity index (χ3v) is 3.87. The van der Waals surface area contributed by atoms with Crippen molar-refractivity contribution in [2.75, 3.05) is 13.1 Å². The Balaban J connectivity index is 1.76. The molecule has 2 heterocycles. The van der Waals surface area contributed by atoms with Gasteiger partial charge < -0.3 is 9.73 Å². The van der Waals surface area contributed by atoms with Crippen molar-refractivity contribution in [2.45, 2.75) is 32.1 Å². The second kappa shape index (κ2) is 2.86. The molecule has 1 atom stereocenters. The maximum Gasteiger partial charge on any atom is 0.107 e. The predicted molar refractivity (Wildman–Crippen MR) is 55.3 cm³/mol.